The maximum absolute atomic E-state index is 12.4. The predicted octanol–water partition coefficient (Wildman–Crippen LogP) is 3.17. The molecular formula is C22H21N5O2. The molecule has 0 atom stereocenters. The minimum atomic E-state index is -0.497. The lowest BCUT2D eigenvalue weighted by atomic mass is 10.1. The Kier molecular flexibility index (Phi) is 4.72. The third kappa shape index (κ3) is 3.54. The number of fused-ring (bicyclic) bond motifs is 3. The minimum Gasteiger partial charge on any atom is -0.366 e. The van der Waals surface area contributed by atoms with E-state index in [1.165, 1.54) is 0 Å². The van der Waals surface area contributed by atoms with Gasteiger partial charge in [-0.2, -0.15) is 5.10 Å². The second-order valence-corrected chi connectivity index (χ2v) is 7.00. The Hall–Kier alpha value is -3.74. The molecule has 0 saturated heterocycles. The van der Waals surface area contributed by atoms with Crippen LogP contribution in [0.2, 0.25) is 0 Å². The van der Waals surface area contributed by atoms with Crippen LogP contribution in [0.3, 0.4) is 0 Å². The molecule has 0 aliphatic heterocycles. The Labute approximate surface area is 167 Å². The molecule has 4 rings (SSSR count). The molecule has 2 heterocycles. The molecule has 4 aromatic rings. The standard InChI is InChI=1S/C22H21N5O2/c1-13-17(11-12-20(28)25-16-9-7-15(8-10-16)21(23)29)14(2)27-22(24-13)18-5-3-4-6-19(18)26-27/h3-10H,11-12H2,1-2H3,(H2,23,29)(H,25,28). The van der Waals surface area contributed by atoms with Gasteiger partial charge in [-0.25, -0.2) is 9.50 Å². The van der Waals surface area contributed by atoms with Crippen LogP contribution in [0.25, 0.3) is 16.6 Å². The summed E-state index contributed by atoms with van der Waals surface area (Å²) < 4.78 is 1.85. The van der Waals surface area contributed by atoms with E-state index in [1.54, 1.807) is 24.3 Å². The van der Waals surface area contributed by atoms with Crippen LogP contribution in [0.15, 0.2) is 48.5 Å². The van der Waals surface area contributed by atoms with Gasteiger partial charge in [-0.15, -0.1) is 0 Å². The third-order valence-electron chi connectivity index (χ3n) is 5.07. The Morgan fingerprint density at radius 3 is 2.52 bits per heavy atom. The van der Waals surface area contributed by atoms with Gasteiger partial charge in [0.25, 0.3) is 0 Å². The van der Waals surface area contributed by atoms with E-state index in [1.807, 2.05) is 42.6 Å². The number of nitrogens with zero attached hydrogens (tertiary/aromatic N) is 3. The smallest absolute Gasteiger partial charge is 0.248 e. The van der Waals surface area contributed by atoms with Crippen molar-refractivity contribution < 1.29 is 9.59 Å². The van der Waals surface area contributed by atoms with Crippen LogP contribution in [0.4, 0.5) is 5.69 Å². The van der Waals surface area contributed by atoms with Crippen molar-refractivity contribution in [2.24, 2.45) is 5.73 Å². The minimum absolute atomic E-state index is 0.110. The van der Waals surface area contributed by atoms with E-state index >= 15 is 0 Å². The summed E-state index contributed by atoms with van der Waals surface area (Å²) in [6, 6.07) is 14.4. The predicted molar refractivity (Wildman–Crippen MR) is 112 cm³/mol. The molecule has 7 nitrogen and oxygen atoms in total. The molecule has 0 aliphatic carbocycles. The summed E-state index contributed by atoms with van der Waals surface area (Å²) in [4.78, 5) is 28.3. The summed E-state index contributed by atoms with van der Waals surface area (Å²) in [5, 5.41) is 8.51. The van der Waals surface area contributed by atoms with Crippen LogP contribution >= 0.6 is 0 Å². The first kappa shape index (κ1) is 18.6. The van der Waals surface area contributed by atoms with Gasteiger partial charge >= 0.3 is 0 Å². The second kappa shape index (κ2) is 7.35. The van der Waals surface area contributed by atoms with Gasteiger partial charge in [0.15, 0.2) is 5.65 Å². The fourth-order valence-corrected chi connectivity index (χ4v) is 3.52. The van der Waals surface area contributed by atoms with Crippen molar-refractivity contribution in [3.63, 3.8) is 0 Å². The lowest BCUT2D eigenvalue weighted by Crippen LogP contribution is -2.15. The summed E-state index contributed by atoms with van der Waals surface area (Å²) in [6.45, 7) is 3.97. The average molecular weight is 387 g/mol. The molecule has 2 aromatic heterocycles. The summed E-state index contributed by atoms with van der Waals surface area (Å²) in [5.41, 5.74) is 10.9. The number of hydrogen-bond donors (Lipinski definition) is 2. The fourth-order valence-electron chi connectivity index (χ4n) is 3.52. The second-order valence-electron chi connectivity index (χ2n) is 7.00. The number of nitrogens with two attached hydrogens (primary N) is 1. The van der Waals surface area contributed by atoms with Crippen molar-refractivity contribution in [1.82, 2.24) is 14.6 Å². The normalized spacial score (nSPS) is 11.1. The number of hydrogen-bond acceptors (Lipinski definition) is 4. The number of anilines is 1. The Bertz CT molecular complexity index is 1240. The molecule has 2 aromatic carbocycles. The van der Waals surface area contributed by atoms with Crippen LogP contribution in [0.5, 0.6) is 0 Å². The van der Waals surface area contributed by atoms with E-state index in [-0.39, 0.29) is 5.91 Å². The first-order chi connectivity index (χ1) is 13.9. The van der Waals surface area contributed by atoms with Gasteiger partial charge in [0, 0.05) is 34.4 Å². The Balaban J connectivity index is 1.52. The highest BCUT2D eigenvalue weighted by atomic mass is 16.2. The van der Waals surface area contributed by atoms with Crippen molar-refractivity contribution in [2.45, 2.75) is 26.7 Å². The first-order valence-electron chi connectivity index (χ1n) is 9.37. The number of nitrogens with one attached hydrogen (secondary N) is 1. The lowest BCUT2D eigenvalue weighted by Gasteiger charge is -2.11. The van der Waals surface area contributed by atoms with Gasteiger partial charge in [0.2, 0.25) is 11.8 Å². The third-order valence-corrected chi connectivity index (χ3v) is 5.07. The van der Waals surface area contributed by atoms with Crippen molar-refractivity contribution in [2.75, 3.05) is 5.32 Å². The maximum Gasteiger partial charge on any atom is 0.248 e. The zero-order chi connectivity index (χ0) is 20.5. The number of rotatable bonds is 5. The number of carbonyl (C=O) groups is 2. The molecule has 2 amide bonds. The number of primary amides is 1. The molecule has 0 bridgehead atoms. The highest BCUT2D eigenvalue weighted by molar-refractivity contribution is 5.95. The van der Waals surface area contributed by atoms with Gasteiger partial charge in [-0.3, -0.25) is 9.59 Å². The Morgan fingerprint density at radius 1 is 1.07 bits per heavy atom. The first-order valence-corrected chi connectivity index (χ1v) is 9.37. The molecule has 7 heteroatoms. The van der Waals surface area contributed by atoms with Gasteiger partial charge in [-0.1, -0.05) is 12.1 Å². The maximum atomic E-state index is 12.4. The molecule has 0 fully saturated rings. The topological polar surface area (TPSA) is 102 Å². The molecule has 0 radical (unpaired) electrons. The van der Waals surface area contributed by atoms with E-state index < -0.39 is 5.91 Å². The Morgan fingerprint density at radius 2 is 1.79 bits per heavy atom. The lowest BCUT2D eigenvalue weighted by molar-refractivity contribution is -0.116. The highest BCUT2D eigenvalue weighted by Crippen LogP contribution is 2.23. The van der Waals surface area contributed by atoms with Gasteiger partial charge in [0.1, 0.15) is 0 Å². The monoisotopic (exact) mass is 387 g/mol. The summed E-state index contributed by atoms with van der Waals surface area (Å²) in [7, 11) is 0. The number of benzene rings is 2. The SMILES string of the molecule is Cc1nc2c3ccccc3nn2c(C)c1CCC(=O)Nc1ccc(C(N)=O)cc1. The fraction of sp³-hybridized carbons (Fsp3) is 0.182. The summed E-state index contributed by atoms with van der Waals surface area (Å²) >= 11 is 0. The molecule has 3 N–H and O–H groups in total. The van der Waals surface area contributed by atoms with Crippen molar-refractivity contribution in [3.05, 3.63) is 71.0 Å². The summed E-state index contributed by atoms with van der Waals surface area (Å²) in [6.07, 6.45) is 0.870. The van der Waals surface area contributed by atoms with Crippen molar-refractivity contribution >= 4 is 34.1 Å². The molecule has 0 aliphatic rings. The van der Waals surface area contributed by atoms with Crippen LogP contribution in [0, 0.1) is 13.8 Å². The van der Waals surface area contributed by atoms with E-state index in [0.29, 0.717) is 24.1 Å². The molecule has 0 spiro atoms. The molecular weight excluding hydrogens is 366 g/mol. The summed E-state index contributed by atoms with van der Waals surface area (Å²) in [5.74, 6) is -0.607. The number of aromatic nitrogens is 3. The van der Waals surface area contributed by atoms with E-state index in [4.69, 9.17) is 10.7 Å². The number of carbonyl (C=O) groups excluding carboxylic acids is 2. The molecule has 0 saturated carbocycles. The number of aryl methyl sites for hydroxylation is 2. The molecule has 29 heavy (non-hydrogen) atoms. The average Bonchev–Trinajstić information content (AvgIpc) is 3.07. The zero-order valence-electron chi connectivity index (χ0n) is 16.3. The highest BCUT2D eigenvalue weighted by Gasteiger charge is 2.15. The van der Waals surface area contributed by atoms with E-state index in [2.05, 4.69) is 10.4 Å². The largest absolute Gasteiger partial charge is 0.366 e. The van der Waals surface area contributed by atoms with Crippen molar-refractivity contribution in [3.8, 4) is 0 Å². The molecule has 0 unspecified atom stereocenters. The van der Waals surface area contributed by atoms with Crippen molar-refractivity contribution in [1.29, 1.82) is 0 Å². The zero-order valence-corrected chi connectivity index (χ0v) is 16.3. The van der Waals surface area contributed by atoms with Crippen LogP contribution in [0.1, 0.15) is 33.7 Å². The molecule has 146 valence electrons. The van der Waals surface area contributed by atoms with Crippen LogP contribution in [-0.4, -0.2) is 26.4 Å². The van der Waals surface area contributed by atoms with E-state index in [0.717, 1.165) is 33.5 Å². The quantitative estimate of drug-likeness (QED) is 0.549. The van der Waals surface area contributed by atoms with Gasteiger partial charge < -0.3 is 11.1 Å². The van der Waals surface area contributed by atoms with Gasteiger partial charge in [-0.05, 0) is 62.2 Å². The number of amides is 2. The van der Waals surface area contributed by atoms with E-state index in [9.17, 15) is 9.59 Å². The van der Waals surface area contributed by atoms with Crippen LogP contribution < -0.4 is 11.1 Å². The van der Waals surface area contributed by atoms with Gasteiger partial charge in [0.05, 0.1) is 5.52 Å². The van der Waals surface area contributed by atoms with Crippen LogP contribution in [-0.2, 0) is 11.2 Å².